The second kappa shape index (κ2) is 39.9. The number of phenolic OH excluding ortho intramolecular Hbond substituents is 1. The molecule has 11 atom stereocenters. The van der Waals surface area contributed by atoms with Gasteiger partial charge in [-0.15, -0.1) is 0 Å². The van der Waals surface area contributed by atoms with E-state index in [1.807, 2.05) is 0 Å². The average molecular weight is 1300 g/mol. The van der Waals surface area contributed by atoms with Crippen LogP contribution in [0.15, 0.2) is 29.3 Å². The number of benzene rings is 1. The summed E-state index contributed by atoms with van der Waals surface area (Å²) in [7, 11) is 0. The summed E-state index contributed by atoms with van der Waals surface area (Å²) in [5, 5.41) is 42.4. The number of hydrogen-bond donors (Lipinski definition) is 16. The maximum Gasteiger partial charge on any atom is 0.303 e. The molecule has 0 unspecified atom stereocenters. The highest BCUT2D eigenvalue weighted by Gasteiger charge is 2.38. The van der Waals surface area contributed by atoms with Crippen molar-refractivity contribution in [3.8, 4) is 5.75 Å². The minimum Gasteiger partial charge on any atom is -0.508 e. The Bertz CT molecular complexity index is 2760. The van der Waals surface area contributed by atoms with Crippen molar-refractivity contribution in [2.24, 2.45) is 51.4 Å². The van der Waals surface area contributed by atoms with Crippen LogP contribution in [0.3, 0.4) is 0 Å². The van der Waals surface area contributed by atoms with Crippen molar-refractivity contribution >= 4 is 88.7 Å². The summed E-state index contributed by atoms with van der Waals surface area (Å²) in [6.45, 7) is 13.0. The number of carboxylic acid groups (broad SMARTS) is 1. The summed E-state index contributed by atoms with van der Waals surface area (Å²) in [6.07, 6.45) is -1.11. The van der Waals surface area contributed by atoms with Crippen LogP contribution in [0.1, 0.15) is 157 Å². The number of nitrogens with two attached hydrogens (primary N) is 5. The summed E-state index contributed by atoms with van der Waals surface area (Å²) in [4.78, 5) is 194. The van der Waals surface area contributed by atoms with Crippen molar-refractivity contribution < 1.29 is 77.3 Å². The largest absolute Gasteiger partial charge is 0.508 e. The first-order valence-corrected chi connectivity index (χ1v) is 31.1. The van der Waals surface area contributed by atoms with Gasteiger partial charge < -0.3 is 91.6 Å². The number of aliphatic imine (C=N–C) groups is 1. The molecule has 1 aliphatic rings. The van der Waals surface area contributed by atoms with Gasteiger partial charge in [0, 0.05) is 45.2 Å². The highest BCUT2D eigenvalue weighted by atomic mass is 16.4. The fraction of sp³-hybridized carbons (Fsp3) is 0.650. The van der Waals surface area contributed by atoms with Crippen molar-refractivity contribution in [2.45, 2.75) is 219 Å². The van der Waals surface area contributed by atoms with Crippen molar-refractivity contribution in [1.82, 2.24) is 52.8 Å². The molecule has 1 aliphatic heterocycles. The van der Waals surface area contributed by atoms with Gasteiger partial charge >= 0.3 is 5.97 Å². The third-order valence-electron chi connectivity index (χ3n) is 15.2. The van der Waals surface area contributed by atoms with E-state index < -0.39 is 175 Å². The Labute approximate surface area is 535 Å². The first-order chi connectivity index (χ1) is 43.1. The first kappa shape index (κ1) is 79.0. The Morgan fingerprint density at radius 3 is 1.71 bits per heavy atom. The van der Waals surface area contributed by atoms with Crippen molar-refractivity contribution in [2.75, 3.05) is 13.1 Å². The lowest BCUT2D eigenvalue weighted by atomic mass is 9.96. The van der Waals surface area contributed by atoms with Crippen molar-refractivity contribution in [3.05, 3.63) is 29.8 Å². The number of phenols is 1. The lowest BCUT2D eigenvalue weighted by molar-refractivity contribution is -0.144. The Morgan fingerprint density at radius 1 is 0.609 bits per heavy atom. The molecule has 32 heteroatoms. The third kappa shape index (κ3) is 29.2. The van der Waals surface area contributed by atoms with Gasteiger partial charge in [0.2, 0.25) is 76.8 Å². The van der Waals surface area contributed by atoms with Crippen molar-refractivity contribution in [1.29, 1.82) is 0 Å². The molecule has 0 aromatic heterocycles. The summed E-state index contributed by atoms with van der Waals surface area (Å²) in [5.41, 5.74) is 28.1. The molecule has 1 saturated heterocycles. The normalized spacial score (nSPS) is 17.6. The highest BCUT2D eigenvalue weighted by molar-refractivity contribution is 5.99. The summed E-state index contributed by atoms with van der Waals surface area (Å²) >= 11 is 0. The van der Waals surface area contributed by atoms with Gasteiger partial charge in [-0.2, -0.15) is 0 Å². The molecule has 0 spiro atoms. The maximum atomic E-state index is 14.6. The average Bonchev–Trinajstić information content (AvgIpc) is 1.81. The Balaban J connectivity index is 2.46. The molecule has 514 valence electrons. The number of carbonyl (C=O) groups excluding carboxylic acids is 13. The number of carboxylic acids is 1. The molecule has 0 radical (unpaired) electrons. The Morgan fingerprint density at radius 2 is 1.15 bits per heavy atom. The molecule has 2 rings (SSSR count). The van der Waals surface area contributed by atoms with Crippen LogP contribution in [0.4, 0.5) is 0 Å². The van der Waals surface area contributed by atoms with Gasteiger partial charge in [-0.1, -0.05) is 66.5 Å². The quantitative estimate of drug-likeness (QED) is 0.0182. The number of primary amides is 3. The van der Waals surface area contributed by atoms with Gasteiger partial charge in [0.1, 0.15) is 66.2 Å². The molecule has 32 nitrogen and oxygen atoms in total. The topological polar surface area (TPSA) is 533 Å². The minimum atomic E-state index is -1.61. The summed E-state index contributed by atoms with van der Waals surface area (Å²) < 4.78 is 0. The van der Waals surface area contributed by atoms with E-state index >= 15 is 0 Å². The molecule has 0 bridgehead atoms. The van der Waals surface area contributed by atoms with Crippen molar-refractivity contribution in [3.63, 3.8) is 0 Å². The van der Waals surface area contributed by atoms with Crippen LogP contribution < -0.4 is 76.5 Å². The predicted molar refractivity (Wildman–Crippen MR) is 336 cm³/mol. The van der Waals surface area contributed by atoms with E-state index in [-0.39, 0.29) is 88.0 Å². The molecule has 1 heterocycles. The fourth-order valence-electron chi connectivity index (χ4n) is 9.76. The SMILES string of the molecule is CC[C@H](C)[C@H](NC(=O)[C@H](CCC(=O)O)NC(=O)[C@H](C)NC(=O)[C@H](CC(C)C)NC(=O)[C@H](CCC(N)=O)NC(=O)[C@H](CCCN=C(N)N)NC(=O)[C@H](C)N1CCCCCC(=O)N[C@@H](CCC(N)=O)C(=O)N[C@@H](CC(C)C)C1=O)C(=O)N[C@@H](Cc1ccc(O)cc1)C(N)=O. The lowest BCUT2D eigenvalue weighted by Gasteiger charge is -2.34. The number of nitrogens with one attached hydrogen (secondary N) is 9. The second-order valence-electron chi connectivity index (χ2n) is 24.0. The van der Waals surface area contributed by atoms with E-state index in [0.717, 1.165) is 0 Å². The molecule has 21 N–H and O–H groups in total. The standard InChI is InChI=1S/C60H98N16O16/c1-9-33(6)49(58(91)72-42(50(63)83)30-36-16-18-37(77)19-17-36)75-56(89)41(22-25-48(81)82)69-51(84)34(7)67-57(90)43(28-31(2)3)73-55(88)40(21-24-46(62)79)71-53(86)38(14-13-26-66-60(64)65)70-52(85)35(8)76-27-12-10-11-15-47(80)68-39(20-23-45(61)78)54(87)74-44(59(76)92)29-32(4)5/h16-19,31-35,38-44,49,77H,9-15,20-30H2,1-8H3,(H2,61,78)(H2,62,79)(H2,63,83)(H,67,90)(H,68,80)(H,69,84)(H,70,85)(H,71,86)(H,72,91)(H,73,88)(H,74,87)(H,75,89)(H,81,82)(H4,64,65,66)/t33-,34-,35-,38-,39-,40-,41-,42-,43-,44-,49-/m0/s1. The van der Waals surface area contributed by atoms with Gasteiger partial charge in [-0.05, 0) is 107 Å². The van der Waals surface area contributed by atoms with Gasteiger partial charge in [0.15, 0.2) is 5.96 Å². The Kier molecular flexibility index (Phi) is 34.2. The molecule has 13 amide bonds. The number of nitrogens with zero attached hydrogens (tertiary/aromatic N) is 2. The molecule has 0 aliphatic carbocycles. The number of amides is 13. The zero-order valence-corrected chi connectivity index (χ0v) is 53.9. The van der Waals surface area contributed by atoms with Crippen LogP contribution >= 0.6 is 0 Å². The number of guanidine groups is 1. The first-order valence-electron chi connectivity index (χ1n) is 31.1. The number of carbonyl (C=O) groups is 14. The van der Waals surface area contributed by atoms with E-state index in [1.54, 1.807) is 41.5 Å². The Hall–Kier alpha value is -9.13. The van der Waals surface area contributed by atoms with Crippen LogP contribution in [0, 0.1) is 17.8 Å². The molecule has 1 fully saturated rings. The monoisotopic (exact) mass is 1300 g/mol. The molecule has 1 aromatic rings. The van der Waals surface area contributed by atoms with Gasteiger partial charge in [-0.3, -0.25) is 72.1 Å². The smallest absolute Gasteiger partial charge is 0.303 e. The number of hydrogen-bond acceptors (Lipinski definition) is 16. The van der Waals surface area contributed by atoms with Gasteiger partial charge in [0.05, 0.1) is 0 Å². The van der Waals surface area contributed by atoms with Crippen LogP contribution in [-0.2, 0) is 73.5 Å². The van der Waals surface area contributed by atoms with Gasteiger partial charge in [0.25, 0.3) is 0 Å². The predicted octanol–water partition coefficient (Wildman–Crippen LogP) is -2.82. The van der Waals surface area contributed by atoms with E-state index in [4.69, 9.17) is 28.7 Å². The van der Waals surface area contributed by atoms with Gasteiger partial charge in [-0.25, -0.2) is 0 Å². The third-order valence-corrected chi connectivity index (χ3v) is 15.2. The highest BCUT2D eigenvalue weighted by Crippen LogP contribution is 2.18. The van der Waals surface area contributed by atoms with E-state index in [1.165, 1.54) is 43.0 Å². The molecular formula is C60H98N16O16. The van der Waals surface area contributed by atoms with E-state index in [2.05, 4.69) is 52.8 Å². The zero-order chi connectivity index (χ0) is 69.5. The number of rotatable bonds is 37. The molecule has 1 aromatic carbocycles. The van der Waals surface area contributed by atoms with E-state index in [9.17, 15) is 77.3 Å². The van der Waals surface area contributed by atoms with Crippen LogP contribution in [0.25, 0.3) is 0 Å². The second-order valence-corrected chi connectivity index (χ2v) is 24.0. The molecule has 92 heavy (non-hydrogen) atoms. The lowest BCUT2D eigenvalue weighted by Crippen LogP contribution is -2.61. The number of aromatic hydroxyl groups is 1. The molecular weight excluding hydrogens is 1200 g/mol. The maximum absolute atomic E-state index is 14.6. The summed E-state index contributed by atoms with van der Waals surface area (Å²) in [5.74, 6) is -13.6. The van der Waals surface area contributed by atoms with Crippen LogP contribution in [0.5, 0.6) is 5.75 Å². The molecule has 0 saturated carbocycles. The zero-order valence-electron chi connectivity index (χ0n) is 53.9. The summed E-state index contributed by atoms with van der Waals surface area (Å²) in [6, 6.07) is -8.15. The fourth-order valence-corrected chi connectivity index (χ4v) is 9.76. The van der Waals surface area contributed by atoms with E-state index in [0.29, 0.717) is 31.2 Å². The number of aliphatic carboxylic acids is 1. The van der Waals surface area contributed by atoms with Crippen LogP contribution in [-0.4, -0.2) is 177 Å². The van der Waals surface area contributed by atoms with Crippen LogP contribution in [0.2, 0.25) is 0 Å². The minimum absolute atomic E-state index is 0.0164.